The Morgan fingerprint density at radius 1 is 1.04 bits per heavy atom. The van der Waals surface area contributed by atoms with E-state index in [1.165, 1.54) is 49.5 Å². The first kappa shape index (κ1) is 36.1. The fourth-order valence-corrected chi connectivity index (χ4v) is 6.41. The van der Waals surface area contributed by atoms with Crippen LogP contribution in [0.25, 0.3) is 39.1 Å². The molecule has 0 bridgehead atoms. The van der Waals surface area contributed by atoms with Crippen molar-refractivity contribution in [2.75, 3.05) is 45.1 Å². The summed E-state index contributed by atoms with van der Waals surface area (Å²) in [5, 5.41) is 10.4. The molecule has 2 aromatic heterocycles. The number of nitrogens with zero attached hydrogens (tertiary/aromatic N) is 5. The van der Waals surface area contributed by atoms with Crippen LogP contribution in [-0.2, 0) is 4.79 Å². The largest absolute Gasteiger partial charge is 0.370 e. The molecule has 50 heavy (non-hydrogen) atoms. The summed E-state index contributed by atoms with van der Waals surface area (Å²) in [4.78, 5) is 24.1. The highest BCUT2D eigenvalue weighted by molar-refractivity contribution is 5.96. The minimum atomic E-state index is -0.313. The summed E-state index contributed by atoms with van der Waals surface area (Å²) in [6.45, 7) is 16.3. The van der Waals surface area contributed by atoms with E-state index in [2.05, 4.69) is 91.8 Å². The second-order valence-electron chi connectivity index (χ2n) is 13.3. The van der Waals surface area contributed by atoms with Gasteiger partial charge in [0.15, 0.2) is 5.82 Å². The third-order valence-corrected chi connectivity index (χ3v) is 9.07. The Hall–Kier alpha value is -5.19. The molecule has 0 aliphatic carbocycles. The van der Waals surface area contributed by atoms with Crippen LogP contribution in [0.5, 0.6) is 0 Å². The van der Waals surface area contributed by atoms with Gasteiger partial charge >= 0.3 is 0 Å². The van der Waals surface area contributed by atoms with Crippen molar-refractivity contribution in [1.82, 2.24) is 30.0 Å². The van der Waals surface area contributed by atoms with Crippen molar-refractivity contribution in [1.29, 1.82) is 0 Å². The SMILES string of the molecule is C=C(CN1CCC(C)(C)C1)N1CC=C(c2ccc(-c3ncccn3)cc2)CC1.CN.Cc1ccc(-c2n[nH]c3ccc(NC=O)cc23)c(F)c1. The molecule has 4 heterocycles. The highest BCUT2D eigenvalue weighted by atomic mass is 19.1. The summed E-state index contributed by atoms with van der Waals surface area (Å²) < 4.78 is 14.1. The van der Waals surface area contributed by atoms with Crippen molar-refractivity contribution in [3.05, 3.63) is 114 Å². The minimum absolute atomic E-state index is 0.313. The molecule has 3 aromatic carbocycles. The highest BCUT2D eigenvalue weighted by Gasteiger charge is 2.30. The van der Waals surface area contributed by atoms with Gasteiger partial charge in [-0.3, -0.25) is 14.8 Å². The van der Waals surface area contributed by atoms with Gasteiger partial charge in [-0.1, -0.05) is 56.8 Å². The molecule has 4 N–H and O–H groups in total. The van der Waals surface area contributed by atoms with Crippen LogP contribution in [0.2, 0.25) is 0 Å². The fourth-order valence-electron chi connectivity index (χ4n) is 6.41. The van der Waals surface area contributed by atoms with Crippen LogP contribution in [0.1, 0.15) is 37.8 Å². The first-order valence-electron chi connectivity index (χ1n) is 16.9. The molecule has 10 heteroatoms. The van der Waals surface area contributed by atoms with Gasteiger partial charge in [0, 0.05) is 66.5 Å². The predicted octanol–water partition coefficient (Wildman–Crippen LogP) is 7.30. The monoisotopic (exact) mass is 674 g/mol. The van der Waals surface area contributed by atoms with Crippen molar-refractivity contribution >= 4 is 28.6 Å². The molecule has 0 unspecified atom stereocenters. The molecule has 0 spiro atoms. The number of likely N-dealkylation sites (tertiary alicyclic amines) is 1. The number of nitrogens with two attached hydrogens (primary N) is 1. The lowest BCUT2D eigenvalue weighted by Gasteiger charge is -2.32. The average Bonchev–Trinajstić information content (AvgIpc) is 3.71. The molecule has 7 rings (SSSR count). The maximum Gasteiger partial charge on any atom is 0.211 e. The molecule has 260 valence electrons. The number of aryl methyl sites for hydroxylation is 1. The molecule has 2 aliphatic rings. The molecule has 2 aliphatic heterocycles. The minimum Gasteiger partial charge on any atom is -0.370 e. The van der Waals surface area contributed by atoms with E-state index in [4.69, 9.17) is 0 Å². The van der Waals surface area contributed by atoms with Gasteiger partial charge in [-0.05, 0) is 91.9 Å². The number of fused-ring (bicyclic) bond motifs is 1. The highest BCUT2D eigenvalue weighted by Crippen LogP contribution is 2.32. The number of H-pyrrole nitrogens is 1. The third kappa shape index (κ3) is 8.88. The van der Waals surface area contributed by atoms with E-state index in [-0.39, 0.29) is 5.82 Å². The number of aromatic amines is 1. The Morgan fingerprint density at radius 2 is 1.78 bits per heavy atom. The summed E-state index contributed by atoms with van der Waals surface area (Å²) in [6, 6.07) is 20.8. The van der Waals surface area contributed by atoms with Crippen LogP contribution in [0.3, 0.4) is 0 Å². The van der Waals surface area contributed by atoms with Crippen molar-refractivity contribution in [2.24, 2.45) is 11.1 Å². The van der Waals surface area contributed by atoms with Gasteiger partial charge in [0.25, 0.3) is 0 Å². The van der Waals surface area contributed by atoms with Gasteiger partial charge in [0.2, 0.25) is 6.41 Å². The average molecular weight is 675 g/mol. The number of carbonyl (C=O) groups is 1. The zero-order valence-corrected chi connectivity index (χ0v) is 29.4. The molecule has 1 amide bonds. The molecular weight excluding hydrogens is 627 g/mol. The number of amides is 1. The fraction of sp³-hybridized carbons (Fsp3) is 0.300. The standard InChI is InChI=1S/C24H30N4.C15H12FN3O.CH5N/c1-19(17-27-16-11-24(2,3)18-27)28-14-9-21(10-15-28)20-5-7-22(8-6-20)23-25-12-4-13-26-23;1-9-2-4-11(13(16)6-9)15-12-7-10(17-8-20)3-5-14(12)18-19-15;1-2/h4-9,12-13H,1,10-11,14-18H2,2-3H3;2-8H,1H3,(H,17,20)(H,18,19);2H2,1H3. The van der Waals surface area contributed by atoms with Crippen LogP contribution >= 0.6 is 0 Å². The van der Waals surface area contributed by atoms with Crippen molar-refractivity contribution in [2.45, 2.75) is 33.6 Å². The smallest absolute Gasteiger partial charge is 0.211 e. The number of hydrogen-bond acceptors (Lipinski definition) is 7. The van der Waals surface area contributed by atoms with Crippen LogP contribution in [-0.4, -0.2) is 76.1 Å². The van der Waals surface area contributed by atoms with Crippen LogP contribution in [0.4, 0.5) is 10.1 Å². The Balaban J connectivity index is 0.000000195. The number of rotatable bonds is 8. The first-order chi connectivity index (χ1) is 24.2. The van der Waals surface area contributed by atoms with Gasteiger partial charge in [-0.15, -0.1) is 0 Å². The van der Waals surface area contributed by atoms with E-state index in [9.17, 15) is 9.18 Å². The lowest BCUT2D eigenvalue weighted by atomic mass is 9.93. The maximum atomic E-state index is 14.1. The summed E-state index contributed by atoms with van der Waals surface area (Å²) in [5.41, 5.74) is 13.2. The van der Waals surface area contributed by atoms with E-state index < -0.39 is 0 Å². The summed E-state index contributed by atoms with van der Waals surface area (Å²) in [7, 11) is 1.50. The van der Waals surface area contributed by atoms with Crippen LogP contribution in [0, 0.1) is 18.2 Å². The van der Waals surface area contributed by atoms with Crippen molar-refractivity contribution in [3.63, 3.8) is 0 Å². The summed E-state index contributed by atoms with van der Waals surface area (Å²) >= 11 is 0. The Kier molecular flexibility index (Phi) is 11.9. The van der Waals surface area contributed by atoms with Gasteiger partial charge < -0.3 is 16.0 Å². The number of anilines is 1. The third-order valence-electron chi connectivity index (χ3n) is 9.07. The second-order valence-corrected chi connectivity index (χ2v) is 13.3. The molecule has 9 nitrogen and oxygen atoms in total. The Labute approximate surface area is 294 Å². The summed E-state index contributed by atoms with van der Waals surface area (Å²) in [5.74, 6) is 0.464. The van der Waals surface area contributed by atoms with Gasteiger partial charge in [0.05, 0.1) is 5.52 Å². The van der Waals surface area contributed by atoms with Gasteiger partial charge in [0.1, 0.15) is 11.5 Å². The molecule has 0 radical (unpaired) electrons. The zero-order chi connectivity index (χ0) is 35.7. The zero-order valence-electron chi connectivity index (χ0n) is 29.4. The number of aromatic nitrogens is 4. The van der Waals surface area contributed by atoms with E-state index in [1.54, 1.807) is 36.7 Å². The number of carbonyl (C=O) groups excluding carboxylic acids is 1. The maximum absolute atomic E-state index is 14.1. The molecule has 1 saturated heterocycles. The number of halogens is 1. The van der Waals surface area contributed by atoms with Crippen molar-refractivity contribution in [3.8, 4) is 22.6 Å². The van der Waals surface area contributed by atoms with Crippen molar-refractivity contribution < 1.29 is 9.18 Å². The normalized spacial score (nSPS) is 15.3. The molecule has 1 fully saturated rings. The number of benzene rings is 3. The van der Waals surface area contributed by atoms with E-state index in [0.717, 1.165) is 53.9 Å². The van der Waals surface area contributed by atoms with E-state index in [1.807, 2.05) is 19.1 Å². The molecule has 0 atom stereocenters. The Bertz CT molecular complexity index is 1930. The quantitative estimate of drug-likeness (QED) is 0.148. The molecule has 5 aromatic rings. The Morgan fingerprint density at radius 3 is 2.42 bits per heavy atom. The van der Waals surface area contributed by atoms with Crippen LogP contribution < -0.4 is 11.1 Å². The summed E-state index contributed by atoms with van der Waals surface area (Å²) in [6.07, 6.45) is 8.87. The molecular formula is C40H47FN8O. The number of nitrogens with one attached hydrogen (secondary N) is 2. The lowest BCUT2D eigenvalue weighted by molar-refractivity contribution is -0.105. The topological polar surface area (TPSA) is 116 Å². The molecule has 0 saturated carbocycles. The second kappa shape index (κ2) is 16.5. The van der Waals surface area contributed by atoms with E-state index in [0.29, 0.717) is 28.8 Å². The van der Waals surface area contributed by atoms with Crippen LogP contribution in [0.15, 0.2) is 97.5 Å². The number of hydrogen-bond donors (Lipinski definition) is 3. The lowest BCUT2D eigenvalue weighted by Crippen LogP contribution is -2.34. The van der Waals surface area contributed by atoms with Gasteiger partial charge in [-0.2, -0.15) is 5.10 Å². The predicted molar refractivity (Wildman–Crippen MR) is 202 cm³/mol. The first-order valence-corrected chi connectivity index (χ1v) is 16.9. The van der Waals surface area contributed by atoms with Gasteiger partial charge in [-0.25, -0.2) is 14.4 Å². The van der Waals surface area contributed by atoms with E-state index >= 15 is 0 Å².